The fourth-order valence-corrected chi connectivity index (χ4v) is 3.23. The van der Waals surface area contributed by atoms with Gasteiger partial charge in [-0.05, 0) is 31.5 Å². The van der Waals surface area contributed by atoms with Crippen LogP contribution in [0.1, 0.15) is 35.5 Å². The zero-order chi connectivity index (χ0) is 14.8. The predicted octanol–water partition coefficient (Wildman–Crippen LogP) is 3.33. The number of rotatable bonds is 4. The van der Waals surface area contributed by atoms with Gasteiger partial charge in [-0.15, -0.1) is 0 Å². The minimum atomic E-state index is 0.148. The van der Waals surface area contributed by atoms with Crippen LogP contribution in [0.5, 0.6) is 5.75 Å². The van der Waals surface area contributed by atoms with E-state index in [1.807, 2.05) is 6.92 Å². The highest BCUT2D eigenvalue weighted by molar-refractivity contribution is 9.10. The number of halogens is 1. The Morgan fingerprint density at radius 3 is 2.95 bits per heavy atom. The van der Waals surface area contributed by atoms with Gasteiger partial charge in [-0.2, -0.15) is 0 Å². The molecule has 0 fully saturated rings. The fourth-order valence-electron chi connectivity index (χ4n) is 2.68. The van der Waals surface area contributed by atoms with E-state index in [0.717, 1.165) is 41.2 Å². The molecule has 2 aromatic rings. The molecule has 0 saturated heterocycles. The molecule has 0 aliphatic carbocycles. The second kappa shape index (κ2) is 6.12. The molecule has 1 aliphatic rings. The van der Waals surface area contributed by atoms with Crippen LogP contribution >= 0.6 is 15.9 Å². The first-order chi connectivity index (χ1) is 10.1. The molecule has 4 nitrogen and oxygen atoms in total. The molecule has 1 aromatic heterocycles. The van der Waals surface area contributed by atoms with Crippen LogP contribution in [0, 0.1) is 6.92 Å². The third-order valence-corrected chi connectivity index (χ3v) is 4.21. The summed E-state index contributed by atoms with van der Waals surface area (Å²) in [6, 6.07) is 4.41. The number of hydrogen-bond donors (Lipinski definition) is 1. The highest BCUT2D eigenvalue weighted by atomic mass is 79.9. The summed E-state index contributed by atoms with van der Waals surface area (Å²) < 4.78 is 6.86. The van der Waals surface area contributed by atoms with E-state index in [9.17, 15) is 0 Å². The van der Waals surface area contributed by atoms with E-state index in [1.165, 1.54) is 11.1 Å². The molecule has 0 spiro atoms. The monoisotopic (exact) mass is 347 g/mol. The minimum absolute atomic E-state index is 0.148. The molecule has 5 heteroatoms. The van der Waals surface area contributed by atoms with Crippen molar-refractivity contribution in [1.29, 1.82) is 0 Å². The van der Waals surface area contributed by atoms with Crippen LogP contribution in [-0.4, -0.2) is 16.6 Å². The molecule has 1 unspecified atom stereocenters. The zero-order valence-corrected chi connectivity index (χ0v) is 13.8. The van der Waals surface area contributed by atoms with Crippen LogP contribution < -0.4 is 10.1 Å². The summed E-state index contributed by atoms with van der Waals surface area (Å²) in [5.41, 5.74) is 4.42. The van der Waals surface area contributed by atoms with Crippen molar-refractivity contribution in [2.75, 3.05) is 6.61 Å². The maximum absolute atomic E-state index is 5.76. The Labute approximate surface area is 133 Å². The standard InChI is InChI=1S/C16H18BrN3O/c1-10-15(19-5-4-18-10)11(2)20-9-13-8-14(17)7-12-3-6-21-16(12)13/h4-5,7-8,11,20H,3,6,9H2,1-2H3. The molecule has 0 amide bonds. The van der Waals surface area contributed by atoms with Gasteiger partial charge in [-0.25, -0.2) is 0 Å². The van der Waals surface area contributed by atoms with Gasteiger partial charge >= 0.3 is 0 Å². The molecule has 1 aliphatic heterocycles. The number of nitrogens with zero attached hydrogens (tertiary/aromatic N) is 2. The largest absolute Gasteiger partial charge is 0.493 e. The van der Waals surface area contributed by atoms with Gasteiger partial charge in [0.25, 0.3) is 0 Å². The fraction of sp³-hybridized carbons (Fsp3) is 0.375. The molecule has 2 heterocycles. The SMILES string of the molecule is Cc1nccnc1C(C)NCc1cc(Br)cc2c1OCC2. The average Bonchev–Trinajstić information content (AvgIpc) is 2.93. The Kier molecular flexibility index (Phi) is 4.22. The maximum atomic E-state index is 5.76. The van der Waals surface area contributed by atoms with Gasteiger partial charge in [0.15, 0.2) is 0 Å². The normalized spacial score (nSPS) is 14.6. The summed E-state index contributed by atoms with van der Waals surface area (Å²) in [6.07, 6.45) is 4.45. The van der Waals surface area contributed by atoms with Crippen LogP contribution in [0.25, 0.3) is 0 Å². The molecular formula is C16H18BrN3O. The third kappa shape index (κ3) is 3.09. The quantitative estimate of drug-likeness (QED) is 0.921. The van der Waals surface area contributed by atoms with Crippen molar-refractivity contribution in [3.8, 4) is 5.75 Å². The predicted molar refractivity (Wildman–Crippen MR) is 85.4 cm³/mol. The molecule has 1 N–H and O–H groups in total. The molecule has 1 aromatic carbocycles. The zero-order valence-electron chi connectivity index (χ0n) is 12.2. The van der Waals surface area contributed by atoms with E-state index in [1.54, 1.807) is 12.4 Å². The summed E-state index contributed by atoms with van der Waals surface area (Å²) in [4.78, 5) is 8.71. The molecule has 1 atom stereocenters. The van der Waals surface area contributed by atoms with Crippen molar-refractivity contribution < 1.29 is 4.74 Å². The Hall–Kier alpha value is -1.46. The number of nitrogens with one attached hydrogen (secondary N) is 1. The van der Waals surface area contributed by atoms with Gasteiger partial charge in [0, 0.05) is 41.4 Å². The van der Waals surface area contributed by atoms with Crippen LogP contribution in [-0.2, 0) is 13.0 Å². The lowest BCUT2D eigenvalue weighted by Crippen LogP contribution is -2.20. The van der Waals surface area contributed by atoms with E-state index < -0.39 is 0 Å². The second-order valence-electron chi connectivity index (χ2n) is 5.28. The molecule has 110 valence electrons. The van der Waals surface area contributed by atoms with E-state index in [4.69, 9.17) is 4.74 Å². The van der Waals surface area contributed by atoms with Crippen molar-refractivity contribution in [3.05, 3.63) is 51.5 Å². The van der Waals surface area contributed by atoms with E-state index in [-0.39, 0.29) is 6.04 Å². The first-order valence-electron chi connectivity index (χ1n) is 7.10. The smallest absolute Gasteiger partial charge is 0.127 e. The van der Waals surface area contributed by atoms with E-state index >= 15 is 0 Å². The molecule has 0 bridgehead atoms. The molecule has 0 radical (unpaired) electrons. The topological polar surface area (TPSA) is 47.0 Å². The minimum Gasteiger partial charge on any atom is -0.493 e. The number of hydrogen-bond acceptors (Lipinski definition) is 4. The Balaban J connectivity index is 1.75. The lowest BCUT2D eigenvalue weighted by molar-refractivity contribution is 0.351. The Morgan fingerprint density at radius 2 is 2.14 bits per heavy atom. The molecule has 3 rings (SSSR count). The third-order valence-electron chi connectivity index (χ3n) is 3.75. The van der Waals surface area contributed by atoms with Crippen LogP contribution in [0.15, 0.2) is 29.0 Å². The Morgan fingerprint density at radius 1 is 1.33 bits per heavy atom. The lowest BCUT2D eigenvalue weighted by Gasteiger charge is -2.16. The summed E-state index contributed by atoms with van der Waals surface area (Å²) in [6.45, 7) is 5.62. The van der Waals surface area contributed by atoms with E-state index in [2.05, 4.69) is 50.3 Å². The molecular weight excluding hydrogens is 330 g/mol. The van der Waals surface area contributed by atoms with Crippen molar-refractivity contribution in [2.45, 2.75) is 32.9 Å². The first kappa shape index (κ1) is 14.5. The number of aryl methyl sites for hydroxylation is 1. The van der Waals surface area contributed by atoms with Gasteiger partial charge in [0.05, 0.1) is 18.0 Å². The van der Waals surface area contributed by atoms with Crippen LogP contribution in [0.4, 0.5) is 0 Å². The van der Waals surface area contributed by atoms with Crippen molar-refractivity contribution in [3.63, 3.8) is 0 Å². The second-order valence-corrected chi connectivity index (χ2v) is 6.20. The Bertz CT molecular complexity index is 660. The van der Waals surface area contributed by atoms with Crippen LogP contribution in [0.3, 0.4) is 0 Å². The highest BCUT2D eigenvalue weighted by Crippen LogP contribution is 2.33. The average molecular weight is 348 g/mol. The van der Waals surface area contributed by atoms with Crippen LogP contribution in [0.2, 0.25) is 0 Å². The summed E-state index contributed by atoms with van der Waals surface area (Å²) in [5.74, 6) is 1.04. The number of fused-ring (bicyclic) bond motifs is 1. The summed E-state index contributed by atoms with van der Waals surface area (Å²) >= 11 is 3.57. The summed E-state index contributed by atoms with van der Waals surface area (Å²) in [7, 11) is 0. The van der Waals surface area contributed by atoms with Gasteiger partial charge in [0.1, 0.15) is 5.75 Å². The summed E-state index contributed by atoms with van der Waals surface area (Å²) in [5, 5.41) is 3.51. The van der Waals surface area contributed by atoms with Crippen molar-refractivity contribution >= 4 is 15.9 Å². The number of benzene rings is 1. The molecule has 0 saturated carbocycles. The van der Waals surface area contributed by atoms with Crippen molar-refractivity contribution in [2.24, 2.45) is 0 Å². The first-order valence-corrected chi connectivity index (χ1v) is 7.89. The maximum Gasteiger partial charge on any atom is 0.127 e. The highest BCUT2D eigenvalue weighted by Gasteiger charge is 2.18. The van der Waals surface area contributed by atoms with Gasteiger partial charge in [0.2, 0.25) is 0 Å². The van der Waals surface area contributed by atoms with Gasteiger partial charge in [-0.3, -0.25) is 9.97 Å². The van der Waals surface area contributed by atoms with Gasteiger partial charge < -0.3 is 10.1 Å². The van der Waals surface area contributed by atoms with Crippen molar-refractivity contribution in [1.82, 2.24) is 15.3 Å². The number of ether oxygens (including phenoxy) is 1. The van der Waals surface area contributed by atoms with E-state index in [0.29, 0.717) is 0 Å². The molecule has 21 heavy (non-hydrogen) atoms. The van der Waals surface area contributed by atoms with Gasteiger partial charge in [-0.1, -0.05) is 15.9 Å². The lowest BCUT2D eigenvalue weighted by atomic mass is 10.1. The number of aromatic nitrogens is 2.